The van der Waals surface area contributed by atoms with Crippen LogP contribution in [0.15, 0.2) is 18.2 Å². The lowest BCUT2D eigenvalue weighted by atomic mass is 9.74. The van der Waals surface area contributed by atoms with Crippen LogP contribution in [0.3, 0.4) is 0 Å². The van der Waals surface area contributed by atoms with E-state index in [0.29, 0.717) is 12.2 Å². The van der Waals surface area contributed by atoms with E-state index >= 15 is 0 Å². The van der Waals surface area contributed by atoms with Crippen LogP contribution in [0.25, 0.3) is 0 Å². The maximum atomic E-state index is 13.7. The van der Waals surface area contributed by atoms with Gasteiger partial charge >= 0.3 is 0 Å². The van der Waals surface area contributed by atoms with E-state index in [2.05, 4.69) is 10.2 Å². The number of halogens is 1. The molecule has 1 spiro atoms. The normalized spacial score (nSPS) is 34.7. The Labute approximate surface area is 137 Å². The summed E-state index contributed by atoms with van der Waals surface area (Å²) in [5, 5.41) is 3.49. The predicted molar refractivity (Wildman–Crippen MR) is 88.2 cm³/mol. The fraction of sp³-hybridized carbons (Fsp3) is 0.684. The van der Waals surface area contributed by atoms with Crippen molar-refractivity contribution < 1.29 is 9.13 Å². The number of ether oxygens (including phenoxy) is 1. The second-order valence-electron chi connectivity index (χ2n) is 7.99. The summed E-state index contributed by atoms with van der Waals surface area (Å²) in [7, 11) is 0. The van der Waals surface area contributed by atoms with Gasteiger partial charge in [0.25, 0.3) is 0 Å². The van der Waals surface area contributed by atoms with E-state index in [9.17, 15) is 4.39 Å². The molecule has 5 rings (SSSR count). The lowest BCUT2D eigenvalue weighted by molar-refractivity contribution is 0.0768. The van der Waals surface area contributed by atoms with E-state index in [-0.39, 0.29) is 11.2 Å². The lowest BCUT2D eigenvalue weighted by Crippen LogP contribution is -2.46. The summed E-state index contributed by atoms with van der Waals surface area (Å²) in [6, 6.07) is 5.22. The predicted octanol–water partition coefficient (Wildman–Crippen LogP) is 3.15. The van der Waals surface area contributed by atoms with Gasteiger partial charge in [0.2, 0.25) is 0 Å². The van der Waals surface area contributed by atoms with Crippen molar-refractivity contribution in [2.75, 3.05) is 31.5 Å². The number of piperidine rings is 1. The van der Waals surface area contributed by atoms with E-state index in [0.717, 1.165) is 44.1 Å². The summed E-state index contributed by atoms with van der Waals surface area (Å²) >= 11 is 0. The lowest BCUT2D eigenvalue weighted by Gasteiger charge is -2.40. The fourth-order valence-electron chi connectivity index (χ4n) is 5.35. The van der Waals surface area contributed by atoms with Gasteiger partial charge in [-0.15, -0.1) is 0 Å². The maximum Gasteiger partial charge on any atom is 0.123 e. The van der Waals surface area contributed by atoms with Crippen LogP contribution in [0, 0.1) is 11.7 Å². The van der Waals surface area contributed by atoms with Gasteiger partial charge in [0, 0.05) is 30.1 Å². The smallest absolute Gasteiger partial charge is 0.123 e. The zero-order chi connectivity index (χ0) is 15.4. The highest BCUT2D eigenvalue weighted by Crippen LogP contribution is 2.45. The van der Waals surface area contributed by atoms with Gasteiger partial charge in [-0.3, -0.25) is 0 Å². The fourth-order valence-corrected chi connectivity index (χ4v) is 5.35. The van der Waals surface area contributed by atoms with Gasteiger partial charge in [-0.25, -0.2) is 4.39 Å². The van der Waals surface area contributed by atoms with Crippen molar-refractivity contribution in [2.24, 2.45) is 5.92 Å². The number of nitrogens with zero attached hydrogens (tertiary/aromatic N) is 1. The Morgan fingerprint density at radius 1 is 1.26 bits per heavy atom. The summed E-state index contributed by atoms with van der Waals surface area (Å²) in [5.41, 5.74) is 2.50. The van der Waals surface area contributed by atoms with Crippen molar-refractivity contribution in [1.29, 1.82) is 0 Å². The van der Waals surface area contributed by atoms with Crippen molar-refractivity contribution in [2.45, 2.75) is 49.7 Å². The summed E-state index contributed by atoms with van der Waals surface area (Å²) in [4.78, 5) is 2.62. The third kappa shape index (κ3) is 2.30. The van der Waals surface area contributed by atoms with Crippen LogP contribution in [0.2, 0.25) is 0 Å². The molecule has 3 saturated heterocycles. The number of fused-ring (bicyclic) bond motifs is 4. The summed E-state index contributed by atoms with van der Waals surface area (Å²) < 4.78 is 19.7. The third-order valence-corrected chi connectivity index (χ3v) is 6.71. The number of benzene rings is 1. The second-order valence-corrected chi connectivity index (χ2v) is 7.99. The Morgan fingerprint density at radius 2 is 2.13 bits per heavy atom. The van der Waals surface area contributed by atoms with Crippen LogP contribution in [0.4, 0.5) is 10.1 Å². The first-order valence-corrected chi connectivity index (χ1v) is 9.14. The second kappa shape index (κ2) is 5.18. The van der Waals surface area contributed by atoms with Gasteiger partial charge in [-0.2, -0.15) is 0 Å². The molecule has 124 valence electrons. The van der Waals surface area contributed by atoms with Crippen molar-refractivity contribution in [3.05, 3.63) is 29.6 Å². The first-order chi connectivity index (χ1) is 11.2. The topological polar surface area (TPSA) is 24.5 Å². The summed E-state index contributed by atoms with van der Waals surface area (Å²) in [6.07, 6.45) is 7.16. The molecule has 0 aromatic heterocycles. The molecule has 3 fully saturated rings. The van der Waals surface area contributed by atoms with Crippen LogP contribution in [0.1, 0.15) is 37.7 Å². The van der Waals surface area contributed by atoms with Gasteiger partial charge in [0.15, 0.2) is 0 Å². The Kier molecular flexibility index (Phi) is 3.21. The molecule has 0 radical (unpaired) electrons. The number of rotatable bonds is 2. The molecule has 3 atom stereocenters. The molecule has 0 saturated carbocycles. The Morgan fingerprint density at radius 3 is 2.87 bits per heavy atom. The minimum Gasteiger partial charge on any atom is -0.384 e. The van der Waals surface area contributed by atoms with Crippen LogP contribution in [-0.4, -0.2) is 43.3 Å². The molecule has 23 heavy (non-hydrogen) atoms. The highest BCUT2D eigenvalue weighted by atomic mass is 19.1. The highest BCUT2D eigenvalue weighted by Gasteiger charge is 2.44. The molecule has 4 aliphatic rings. The highest BCUT2D eigenvalue weighted by molar-refractivity contribution is 5.60. The van der Waals surface area contributed by atoms with Crippen LogP contribution in [0.5, 0.6) is 0 Å². The van der Waals surface area contributed by atoms with Crippen LogP contribution >= 0.6 is 0 Å². The molecule has 0 aliphatic carbocycles. The van der Waals surface area contributed by atoms with E-state index in [4.69, 9.17) is 4.74 Å². The first-order valence-electron chi connectivity index (χ1n) is 9.14. The molecular formula is C19H25FN2O. The molecule has 1 N–H and O–H groups in total. The molecule has 4 heterocycles. The van der Waals surface area contributed by atoms with Crippen LogP contribution < -0.4 is 5.32 Å². The average molecular weight is 316 g/mol. The third-order valence-electron chi connectivity index (χ3n) is 6.71. The van der Waals surface area contributed by atoms with Gasteiger partial charge in [-0.1, -0.05) is 0 Å². The van der Waals surface area contributed by atoms with Gasteiger partial charge < -0.3 is 15.0 Å². The van der Waals surface area contributed by atoms with Crippen LogP contribution in [-0.2, 0) is 10.2 Å². The minimum absolute atomic E-state index is 0.103. The molecule has 1 aromatic rings. The number of hydrogen-bond acceptors (Lipinski definition) is 3. The molecule has 4 aliphatic heterocycles. The quantitative estimate of drug-likeness (QED) is 0.907. The summed E-state index contributed by atoms with van der Waals surface area (Å²) in [6.45, 7) is 4.43. The Bertz CT molecular complexity index is 611. The van der Waals surface area contributed by atoms with Gasteiger partial charge in [0.05, 0.1) is 12.2 Å². The Hall–Kier alpha value is -1.13. The molecule has 2 bridgehead atoms. The van der Waals surface area contributed by atoms with E-state index < -0.39 is 0 Å². The molecule has 1 aromatic carbocycles. The summed E-state index contributed by atoms with van der Waals surface area (Å²) in [5.74, 6) is 0.641. The van der Waals surface area contributed by atoms with E-state index in [1.807, 2.05) is 6.07 Å². The SMILES string of the molecule is Fc1ccc2c(c1)C1(CCN(C[C@@H]3C[C@@H]4CC[C@@H]3O4)CC1)CN2. The van der Waals surface area contributed by atoms with Crippen molar-refractivity contribution in [3.8, 4) is 0 Å². The number of anilines is 1. The largest absolute Gasteiger partial charge is 0.384 e. The number of hydrogen-bond donors (Lipinski definition) is 1. The van der Waals surface area contributed by atoms with E-state index in [1.54, 1.807) is 12.1 Å². The molecule has 0 unspecified atom stereocenters. The zero-order valence-electron chi connectivity index (χ0n) is 13.6. The Balaban J connectivity index is 1.26. The number of nitrogens with one attached hydrogen (secondary N) is 1. The average Bonchev–Trinajstić information content (AvgIpc) is 3.25. The van der Waals surface area contributed by atoms with E-state index in [1.165, 1.54) is 31.4 Å². The number of likely N-dealkylation sites (tertiary alicyclic amines) is 1. The minimum atomic E-state index is -0.103. The van der Waals surface area contributed by atoms with Gasteiger partial charge in [0.1, 0.15) is 5.82 Å². The van der Waals surface area contributed by atoms with Gasteiger partial charge in [-0.05, 0) is 69.0 Å². The van der Waals surface area contributed by atoms with Crippen molar-refractivity contribution in [1.82, 2.24) is 4.90 Å². The molecule has 3 nitrogen and oxygen atoms in total. The standard InChI is InChI=1S/C19H25FN2O/c20-14-1-3-17-16(10-14)19(12-21-17)5-7-22(8-6-19)11-13-9-15-2-4-18(13)23-15/h1,3,10,13,15,18,21H,2,4-9,11-12H2/t13-,15-,18-/m0/s1. The molecular weight excluding hydrogens is 291 g/mol. The van der Waals surface area contributed by atoms with Crippen molar-refractivity contribution in [3.63, 3.8) is 0 Å². The first kappa shape index (κ1) is 14.2. The van der Waals surface area contributed by atoms with Crippen molar-refractivity contribution >= 4 is 5.69 Å². The molecule has 4 heteroatoms. The zero-order valence-corrected chi connectivity index (χ0v) is 13.6. The maximum absolute atomic E-state index is 13.7. The monoisotopic (exact) mass is 316 g/mol. The molecule has 0 amide bonds.